The van der Waals surface area contributed by atoms with Gasteiger partial charge in [0.1, 0.15) is 12.6 Å². The van der Waals surface area contributed by atoms with Crippen molar-refractivity contribution in [3.05, 3.63) is 48.6 Å². The smallest absolute Gasteiger partial charge is 0.306 e. The molecule has 0 radical (unpaired) electrons. The van der Waals surface area contributed by atoms with Crippen molar-refractivity contribution in [2.45, 2.75) is 154 Å². The quantitative estimate of drug-likeness (QED) is 0.0295. The van der Waals surface area contributed by atoms with E-state index < -0.39 is 18.1 Å². The van der Waals surface area contributed by atoms with Crippen LogP contribution >= 0.6 is 0 Å². The average Bonchev–Trinajstić information content (AvgIpc) is 3.05. The lowest BCUT2D eigenvalue weighted by Gasteiger charge is -2.34. The molecule has 0 aromatic rings. The van der Waals surface area contributed by atoms with Gasteiger partial charge in [0.25, 0.3) is 0 Å². The van der Waals surface area contributed by atoms with Crippen molar-refractivity contribution in [1.29, 1.82) is 0 Å². The Labute approximate surface area is 299 Å². The minimum Gasteiger partial charge on any atom is -0.544 e. The highest BCUT2D eigenvalue weighted by Gasteiger charge is 2.25. The number of unbranched alkanes of at least 4 members (excludes halogenated alkanes) is 11. The van der Waals surface area contributed by atoms with Crippen LogP contribution in [-0.2, 0) is 28.6 Å². The number of hydrogen-bond acceptors (Lipinski definition) is 7. The number of nitrogens with zero attached hydrogens (tertiary/aromatic N) is 1. The molecule has 0 aliphatic carbocycles. The highest BCUT2D eigenvalue weighted by Crippen LogP contribution is 2.12. The number of quaternary nitrogens is 1. The molecule has 8 heteroatoms. The number of allylic oxidation sites excluding steroid dienone is 8. The summed E-state index contributed by atoms with van der Waals surface area (Å²) in [6.07, 6.45) is 35.8. The Morgan fingerprint density at radius 3 is 1.78 bits per heavy atom. The van der Waals surface area contributed by atoms with Crippen LogP contribution in [0.15, 0.2) is 48.6 Å². The van der Waals surface area contributed by atoms with Gasteiger partial charge < -0.3 is 28.6 Å². The highest BCUT2D eigenvalue weighted by molar-refractivity contribution is 5.70. The zero-order chi connectivity index (χ0) is 36.4. The normalized spacial score (nSPS) is 13.6. The second-order valence-corrected chi connectivity index (χ2v) is 13.8. The molecule has 49 heavy (non-hydrogen) atoms. The summed E-state index contributed by atoms with van der Waals surface area (Å²) in [7, 11) is 5.37. The van der Waals surface area contributed by atoms with Crippen LogP contribution in [0.1, 0.15) is 142 Å². The van der Waals surface area contributed by atoms with Gasteiger partial charge in [-0.3, -0.25) is 9.59 Å². The van der Waals surface area contributed by atoms with Gasteiger partial charge >= 0.3 is 11.9 Å². The fourth-order valence-corrected chi connectivity index (χ4v) is 5.20. The van der Waals surface area contributed by atoms with Crippen LogP contribution in [0.2, 0.25) is 0 Å². The van der Waals surface area contributed by atoms with E-state index in [2.05, 4.69) is 62.5 Å². The van der Waals surface area contributed by atoms with Gasteiger partial charge in [-0.05, 0) is 64.2 Å². The summed E-state index contributed by atoms with van der Waals surface area (Å²) in [6.45, 7) is 4.44. The summed E-state index contributed by atoms with van der Waals surface area (Å²) in [6, 6.07) is -0.735. The van der Waals surface area contributed by atoms with Gasteiger partial charge in [0.05, 0.1) is 40.3 Å². The molecule has 282 valence electrons. The fourth-order valence-electron chi connectivity index (χ4n) is 5.20. The van der Waals surface area contributed by atoms with E-state index in [1.54, 1.807) is 21.1 Å². The number of aliphatic carboxylic acids is 1. The number of carboxylic acid groups (broad SMARTS) is 1. The molecule has 2 unspecified atom stereocenters. The molecule has 0 bridgehead atoms. The summed E-state index contributed by atoms with van der Waals surface area (Å²) >= 11 is 0. The van der Waals surface area contributed by atoms with Crippen LogP contribution in [0.3, 0.4) is 0 Å². The second kappa shape index (κ2) is 32.5. The molecule has 0 heterocycles. The van der Waals surface area contributed by atoms with E-state index in [4.69, 9.17) is 14.2 Å². The summed E-state index contributed by atoms with van der Waals surface area (Å²) in [4.78, 5) is 36.6. The third-order valence-electron chi connectivity index (χ3n) is 8.20. The molecular weight excluding hydrogens is 618 g/mol. The Morgan fingerprint density at radius 1 is 0.633 bits per heavy atom. The van der Waals surface area contributed by atoms with Gasteiger partial charge in [-0.15, -0.1) is 0 Å². The molecule has 0 saturated heterocycles. The van der Waals surface area contributed by atoms with Crippen molar-refractivity contribution in [3.8, 4) is 0 Å². The maximum atomic E-state index is 12.6. The monoisotopic (exact) mass is 690 g/mol. The lowest BCUT2D eigenvalue weighted by Crippen LogP contribution is -2.55. The zero-order valence-electron chi connectivity index (χ0n) is 31.8. The Hall–Kier alpha value is -2.71. The van der Waals surface area contributed by atoms with Crippen molar-refractivity contribution in [3.63, 3.8) is 0 Å². The Kier molecular flexibility index (Phi) is 30.7. The average molecular weight is 690 g/mol. The lowest BCUT2D eigenvalue weighted by molar-refractivity contribution is -0.889. The molecule has 0 fully saturated rings. The predicted molar refractivity (Wildman–Crippen MR) is 199 cm³/mol. The van der Waals surface area contributed by atoms with E-state index in [-0.39, 0.29) is 49.1 Å². The predicted octanol–water partition coefficient (Wildman–Crippen LogP) is 8.35. The van der Waals surface area contributed by atoms with E-state index in [1.807, 2.05) is 0 Å². The maximum absolute atomic E-state index is 12.6. The third kappa shape index (κ3) is 31.0. The van der Waals surface area contributed by atoms with Crippen molar-refractivity contribution >= 4 is 17.9 Å². The zero-order valence-corrected chi connectivity index (χ0v) is 31.8. The molecule has 0 aliphatic heterocycles. The minimum atomic E-state index is -1.14. The molecule has 0 spiro atoms. The van der Waals surface area contributed by atoms with Gasteiger partial charge in [0.15, 0.2) is 6.10 Å². The number of likely N-dealkylation sites (N-methyl/N-ethyl adjacent to an activating group) is 1. The Bertz CT molecular complexity index is 948. The molecule has 0 aliphatic rings. The standard InChI is InChI=1S/C41H71NO7/c1-6-8-10-12-14-16-18-19-20-22-23-25-27-29-31-39(43)48-36-37(35-47-34-33-38(41(45)46)42(3,4)5)49-40(44)32-30-28-26-24-21-17-15-13-11-9-7-2/h9,11,15,17,20,22,24,26,37-38H,6-8,10,12-14,16,18-19,21,23,25,27-36H2,1-5H3/b11-9+,17-15+,22-20+,26-24+. The lowest BCUT2D eigenvalue weighted by atomic mass is 10.1. The van der Waals surface area contributed by atoms with E-state index in [0.29, 0.717) is 12.8 Å². The first kappa shape index (κ1) is 46.3. The highest BCUT2D eigenvalue weighted by atomic mass is 16.6. The summed E-state index contributed by atoms with van der Waals surface area (Å²) in [5.74, 6) is -1.83. The van der Waals surface area contributed by atoms with Crippen LogP contribution in [0, 0.1) is 0 Å². The first-order chi connectivity index (χ1) is 23.6. The van der Waals surface area contributed by atoms with Crippen molar-refractivity contribution in [2.75, 3.05) is 41.0 Å². The van der Waals surface area contributed by atoms with Crippen LogP contribution in [0.25, 0.3) is 0 Å². The number of carbonyl (C=O) groups is 3. The summed E-state index contributed by atoms with van der Waals surface area (Å²) in [5, 5.41) is 11.6. The van der Waals surface area contributed by atoms with Crippen LogP contribution in [0.4, 0.5) is 0 Å². The van der Waals surface area contributed by atoms with Crippen molar-refractivity contribution < 1.29 is 38.2 Å². The van der Waals surface area contributed by atoms with Gasteiger partial charge in [0, 0.05) is 19.3 Å². The van der Waals surface area contributed by atoms with Crippen molar-refractivity contribution in [1.82, 2.24) is 0 Å². The van der Waals surface area contributed by atoms with Gasteiger partial charge in [0.2, 0.25) is 0 Å². The van der Waals surface area contributed by atoms with E-state index in [0.717, 1.165) is 57.8 Å². The van der Waals surface area contributed by atoms with E-state index in [9.17, 15) is 19.5 Å². The number of rotatable bonds is 33. The van der Waals surface area contributed by atoms with Crippen LogP contribution in [0.5, 0.6) is 0 Å². The molecule has 2 atom stereocenters. The van der Waals surface area contributed by atoms with Crippen LogP contribution < -0.4 is 5.11 Å². The molecule has 0 amide bonds. The number of carbonyl (C=O) groups excluding carboxylic acids is 3. The van der Waals surface area contributed by atoms with Gasteiger partial charge in [-0.25, -0.2) is 0 Å². The van der Waals surface area contributed by atoms with E-state index >= 15 is 0 Å². The number of ether oxygens (including phenoxy) is 3. The first-order valence-electron chi connectivity index (χ1n) is 19.2. The number of hydrogen-bond donors (Lipinski definition) is 0. The number of carboxylic acids is 1. The van der Waals surface area contributed by atoms with E-state index in [1.165, 1.54) is 44.9 Å². The number of esters is 2. The fraction of sp³-hybridized carbons (Fsp3) is 0.732. The molecular formula is C41H71NO7. The van der Waals surface area contributed by atoms with Crippen LogP contribution in [-0.4, -0.2) is 75.5 Å². The van der Waals surface area contributed by atoms with Crippen molar-refractivity contribution in [2.24, 2.45) is 0 Å². The maximum Gasteiger partial charge on any atom is 0.306 e. The summed E-state index contributed by atoms with van der Waals surface area (Å²) in [5.41, 5.74) is 0. The third-order valence-corrected chi connectivity index (χ3v) is 8.20. The second-order valence-electron chi connectivity index (χ2n) is 13.8. The van der Waals surface area contributed by atoms with Gasteiger partial charge in [-0.2, -0.15) is 0 Å². The van der Waals surface area contributed by atoms with Gasteiger partial charge in [-0.1, -0.05) is 107 Å². The molecule has 8 nitrogen and oxygen atoms in total. The first-order valence-corrected chi connectivity index (χ1v) is 19.2. The molecule has 0 aromatic heterocycles. The minimum absolute atomic E-state index is 0.0147. The topological polar surface area (TPSA) is 102 Å². The summed E-state index contributed by atoms with van der Waals surface area (Å²) < 4.78 is 17.0. The molecule has 0 aromatic carbocycles. The Balaban J connectivity index is 4.50. The molecule has 0 rings (SSSR count). The Morgan fingerprint density at radius 2 is 1.16 bits per heavy atom. The molecule has 0 saturated carbocycles. The molecule has 0 N–H and O–H groups in total. The SMILES string of the molecule is CC/C=C/C/C=C/C/C=C/CCCC(=O)OC(COCCC(C(=O)[O-])[N+](C)(C)C)COC(=O)CCCCC/C=C/CCCCCCCCC. The largest absolute Gasteiger partial charge is 0.544 e.